The van der Waals surface area contributed by atoms with Crippen molar-refractivity contribution in [3.8, 4) is 22.5 Å². The lowest BCUT2D eigenvalue weighted by molar-refractivity contribution is 0.131. The van der Waals surface area contributed by atoms with Crippen LogP contribution in [0, 0.1) is 0 Å². The third-order valence-electron chi connectivity index (χ3n) is 12.2. The van der Waals surface area contributed by atoms with Gasteiger partial charge in [0.2, 0.25) is 0 Å². The highest BCUT2D eigenvalue weighted by Crippen LogP contribution is 2.47. The second kappa shape index (κ2) is 12.1. The smallest absolute Gasteiger partial charge is 0.162 e. The van der Waals surface area contributed by atoms with Gasteiger partial charge in [-0.15, -0.1) is 0 Å². The number of nitrogens with zero attached hydrogens (tertiary/aromatic N) is 4. The molecule has 0 bridgehead atoms. The van der Waals surface area contributed by atoms with Crippen LogP contribution in [0.15, 0.2) is 145 Å². The van der Waals surface area contributed by atoms with Crippen molar-refractivity contribution in [3.05, 3.63) is 145 Å². The topological polar surface area (TPSA) is 61.6 Å². The van der Waals surface area contributed by atoms with Crippen LogP contribution in [0.2, 0.25) is 0 Å². The minimum Gasteiger partial charge on any atom is -0.317 e. The predicted octanol–water partition coefficient (Wildman–Crippen LogP) is 8.93. The zero-order valence-electron chi connectivity index (χ0n) is 29.7. The van der Waals surface area contributed by atoms with Crippen LogP contribution < -0.4 is 16.0 Å². The molecule has 3 fully saturated rings. The SMILES string of the molecule is c1ccc(C2NCNC3C2SC2=NC4CCCNC4N23)c(-c2ccccc2-n2c3ccccc3c3cc(-n4c5ccccc5c5ccccc54)ccc32)c1. The number of rotatable bonds is 4. The molecule has 8 aromatic rings. The van der Waals surface area contributed by atoms with Gasteiger partial charge in [-0.2, -0.15) is 0 Å². The normalized spacial score (nSPS) is 23.6. The van der Waals surface area contributed by atoms with Crippen LogP contribution in [0.1, 0.15) is 24.4 Å². The largest absolute Gasteiger partial charge is 0.317 e. The fraction of sp³-hybridized carbons (Fsp3) is 0.196. The summed E-state index contributed by atoms with van der Waals surface area (Å²) in [5.74, 6) is 0. The van der Waals surface area contributed by atoms with Crippen LogP contribution in [0.4, 0.5) is 0 Å². The summed E-state index contributed by atoms with van der Waals surface area (Å²) in [6.45, 7) is 1.82. The second-order valence-corrected chi connectivity index (χ2v) is 16.2. The molecule has 2 aromatic heterocycles. The summed E-state index contributed by atoms with van der Waals surface area (Å²) < 4.78 is 4.90. The number of benzene rings is 6. The fourth-order valence-electron chi connectivity index (χ4n) is 9.94. The molecule has 0 saturated carbocycles. The molecule has 0 amide bonds. The van der Waals surface area contributed by atoms with E-state index in [2.05, 4.69) is 170 Å². The molecule has 264 valence electrons. The van der Waals surface area contributed by atoms with Gasteiger partial charge in [-0.05, 0) is 73.0 Å². The first-order chi connectivity index (χ1) is 26.8. The van der Waals surface area contributed by atoms with Crippen LogP contribution in [0.3, 0.4) is 0 Å². The number of nitrogens with one attached hydrogen (secondary N) is 3. The predicted molar refractivity (Wildman–Crippen MR) is 224 cm³/mol. The maximum Gasteiger partial charge on any atom is 0.162 e. The molecule has 6 aromatic carbocycles. The fourth-order valence-corrected chi connectivity index (χ4v) is 11.5. The average molecular weight is 722 g/mol. The molecule has 5 atom stereocenters. The van der Waals surface area contributed by atoms with Gasteiger partial charge in [-0.25, -0.2) is 0 Å². The van der Waals surface area contributed by atoms with Crippen molar-refractivity contribution in [2.45, 2.75) is 42.5 Å². The van der Waals surface area contributed by atoms with Gasteiger partial charge in [-0.3, -0.25) is 20.9 Å². The number of fused-ring (bicyclic) bond motifs is 11. The zero-order chi connectivity index (χ0) is 35.3. The quantitative estimate of drug-likeness (QED) is 0.170. The van der Waals surface area contributed by atoms with Crippen molar-refractivity contribution in [2.24, 2.45) is 4.99 Å². The van der Waals surface area contributed by atoms with Gasteiger partial charge < -0.3 is 14.0 Å². The Morgan fingerprint density at radius 1 is 0.574 bits per heavy atom. The van der Waals surface area contributed by atoms with Gasteiger partial charge in [0.15, 0.2) is 5.17 Å². The molecule has 8 heteroatoms. The maximum absolute atomic E-state index is 5.23. The first-order valence-corrected chi connectivity index (χ1v) is 20.1. The number of amidine groups is 1. The molecule has 12 rings (SSSR count). The first-order valence-electron chi connectivity index (χ1n) is 19.3. The number of aliphatic imine (C=N–C) groups is 1. The van der Waals surface area contributed by atoms with Crippen LogP contribution >= 0.6 is 11.8 Å². The van der Waals surface area contributed by atoms with Gasteiger partial charge in [0, 0.05) is 45.5 Å². The molecule has 0 aliphatic carbocycles. The Bertz CT molecular complexity index is 2760. The summed E-state index contributed by atoms with van der Waals surface area (Å²) in [6, 6.07) is 51.9. The highest BCUT2D eigenvalue weighted by atomic mass is 32.2. The Morgan fingerprint density at radius 2 is 1.22 bits per heavy atom. The lowest BCUT2D eigenvalue weighted by atomic mass is 9.90. The van der Waals surface area contributed by atoms with Gasteiger partial charge in [0.05, 0.1) is 45.2 Å². The first kappa shape index (κ1) is 31.0. The summed E-state index contributed by atoms with van der Waals surface area (Å²) in [6.07, 6.45) is 2.89. The Hall–Kier alpha value is -5.38. The van der Waals surface area contributed by atoms with Crippen LogP contribution in [-0.4, -0.2) is 56.0 Å². The number of para-hydroxylation sites is 4. The summed E-state index contributed by atoms with van der Waals surface area (Å²) in [5.41, 5.74) is 11.0. The Morgan fingerprint density at radius 3 is 2.02 bits per heavy atom. The monoisotopic (exact) mass is 721 g/mol. The molecule has 0 spiro atoms. The molecule has 4 aliphatic heterocycles. The van der Waals surface area contributed by atoms with E-state index in [4.69, 9.17) is 4.99 Å². The van der Waals surface area contributed by atoms with E-state index in [1.54, 1.807) is 0 Å². The molecule has 7 nitrogen and oxygen atoms in total. The summed E-state index contributed by atoms with van der Waals surface area (Å²) in [4.78, 5) is 7.78. The van der Waals surface area contributed by atoms with E-state index in [1.807, 2.05) is 11.8 Å². The molecule has 0 radical (unpaired) electrons. The number of hydrogen-bond acceptors (Lipinski definition) is 6. The van der Waals surface area contributed by atoms with Crippen molar-refractivity contribution in [1.82, 2.24) is 30.0 Å². The average Bonchev–Trinajstić information content (AvgIpc) is 3.97. The van der Waals surface area contributed by atoms with Crippen molar-refractivity contribution in [1.29, 1.82) is 0 Å². The van der Waals surface area contributed by atoms with Crippen molar-refractivity contribution >= 4 is 60.5 Å². The number of piperidine rings is 1. The third-order valence-corrected chi connectivity index (χ3v) is 13.6. The van der Waals surface area contributed by atoms with E-state index < -0.39 is 0 Å². The summed E-state index contributed by atoms with van der Waals surface area (Å²) in [5, 5.41) is 18.0. The lowest BCUT2D eigenvalue weighted by Crippen LogP contribution is -2.63. The minimum atomic E-state index is 0.160. The van der Waals surface area contributed by atoms with Crippen LogP contribution in [-0.2, 0) is 0 Å². The van der Waals surface area contributed by atoms with Crippen molar-refractivity contribution in [3.63, 3.8) is 0 Å². The zero-order valence-corrected chi connectivity index (χ0v) is 30.5. The van der Waals surface area contributed by atoms with Crippen molar-refractivity contribution < 1.29 is 0 Å². The Labute approximate surface area is 317 Å². The Kier molecular flexibility index (Phi) is 6.93. The van der Waals surface area contributed by atoms with Crippen LogP contribution in [0.25, 0.3) is 66.1 Å². The standard InChI is InChI=1S/C46H39N7S/c1-2-17-34(42-43-45(49-27-48-42)53-44-36(18-11-25-47-44)50-46(53)54-43)29(12-1)30-13-3-9-21-39(30)52-40-22-10-6-16-33(40)35-26-28(23-24-41(35)52)51-37-19-7-4-14-31(37)32-15-5-8-20-38(32)51/h1-10,12-17,19-24,26,36,42-45,47-49H,11,18,25,27H2. The molecule has 3 N–H and O–H groups in total. The highest BCUT2D eigenvalue weighted by Gasteiger charge is 2.53. The molecule has 4 aliphatic rings. The molecule has 5 unspecified atom stereocenters. The molecule has 3 saturated heterocycles. The van der Waals surface area contributed by atoms with E-state index in [0.717, 1.165) is 13.2 Å². The minimum absolute atomic E-state index is 0.160. The van der Waals surface area contributed by atoms with E-state index in [9.17, 15) is 0 Å². The van der Waals surface area contributed by atoms with Gasteiger partial charge in [0.1, 0.15) is 6.17 Å². The van der Waals surface area contributed by atoms with E-state index >= 15 is 0 Å². The van der Waals surface area contributed by atoms with Gasteiger partial charge >= 0.3 is 0 Å². The number of aromatic nitrogens is 2. The lowest BCUT2D eigenvalue weighted by Gasteiger charge is -2.42. The van der Waals surface area contributed by atoms with Crippen molar-refractivity contribution in [2.75, 3.05) is 13.2 Å². The van der Waals surface area contributed by atoms with Gasteiger partial charge in [-0.1, -0.05) is 109 Å². The third kappa shape index (κ3) is 4.45. The summed E-state index contributed by atoms with van der Waals surface area (Å²) in [7, 11) is 0. The maximum atomic E-state index is 5.23. The second-order valence-electron chi connectivity index (χ2n) is 15.0. The van der Waals surface area contributed by atoms with E-state index in [0.29, 0.717) is 17.5 Å². The van der Waals surface area contributed by atoms with Gasteiger partial charge in [0.25, 0.3) is 0 Å². The summed E-state index contributed by atoms with van der Waals surface area (Å²) >= 11 is 1.95. The molecular formula is C46H39N7S. The molecule has 6 heterocycles. The van der Waals surface area contributed by atoms with E-state index in [1.165, 1.54) is 89.7 Å². The number of thioether (sulfide) groups is 1. The van der Waals surface area contributed by atoms with Crippen LogP contribution in [0.5, 0.6) is 0 Å². The highest BCUT2D eigenvalue weighted by molar-refractivity contribution is 8.14. The number of hydrogen-bond donors (Lipinski definition) is 3. The van der Waals surface area contributed by atoms with E-state index in [-0.39, 0.29) is 12.2 Å². The molecule has 54 heavy (non-hydrogen) atoms. The molecular weight excluding hydrogens is 683 g/mol. The Balaban J connectivity index is 1.00.